The van der Waals surface area contributed by atoms with Crippen LogP contribution >= 0.6 is 0 Å². The maximum atomic E-state index is 12.7. The van der Waals surface area contributed by atoms with E-state index in [1.807, 2.05) is 18.2 Å². The highest BCUT2D eigenvalue weighted by molar-refractivity contribution is 5.90. The number of likely N-dealkylation sites (N-methyl/N-ethyl adjacent to an activating group) is 1. The lowest BCUT2D eigenvalue weighted by atomic mass is 9.87. The van der Waals surface area contributed by atoms with Crippen molar-refractivity contribution in [3.05, 3.63) is 69.3 Å². The van der Waals surface area contributed by atoms with Crippen LogP contribution in [0, 0.1) is 10.1 Å². The Kier molecular flexibility index (Phi) is 6.11. The Labute approximate surface area is 168 Å². The molecule has 0 aliphatic heterocycles. The molecular formula is C21H22N2O6. The summed E-state index contributed by atoms with van der Waals surface area (Å²) in [6.45, 7) is -0.340. The van der Waals surface area contributed by atoms with E-state index in [9.17, 15) is 19.7 Å². The van der Waals surface area contributed by atoms with Gasteiger partial charge in [-0.1, -0.05) is 24.3 Å². The highest BCUT2D eigenvalue weighted by Crippen LogP contribution is 2.34. The third kappa shape index (κ3) is 4.37. The third-order valence-corrected chi connectivity index (χ3v) is 5.13. The zero-order valence-electron chi connectivity index (χ0n) is 16.3. The van der Waals surface area contributed by atoms with E-state index < -0.39 is 16.6 Å². The summed E-state index contributed by atoms with van der Waals surface area (Å²) in [5.41, 5.74) is 2.00. The van der Waals surface area contributed by atoms with Crippen molar-refractivity contribution in [1.82, 2.24) is 4.90 Å². The molecule has 0 saturated carbocycles. The largest absolute Gasteiger partial charge is 0.477 e. The molecule has 152 valence electrons. The van der Waals surface area contributed by atoms with Crippen LogP contribution in [0.3, 0.4) is 0 Å². The van der Waals surface area contributed by atoms with Crippen molar-refractivity contribution in [3.8, 4) is 5.75 Å². The number of fused-ring (bicyclic) bond motifs is 1. The van der Waals surface area contributed by atoms with Crippen molar-refractivity contribution in [1.29, 1.82) is 0 Å². The minimum Gasteiger partial charge on any atom is -0.477 e. The van der Waals surface area contributed by atoms with Crippen LogP contribution in [0.4, 0.5) is 5.69 Å². The van der Waals surface area contributed by atoms with Crippen molar-refractivity contribution in [2.45, 2.75) is 25.3 Å². The van der Waals surface area contributed by atoms with Gasteiger partial charge in [0.1, 0.15) is 0 Å². The van der Waals surface area contributed by atoms with Crippen LogP contribution < -0.4 is 4.74 Å². The first-order valence-corrected chi connectivity index (χ1v) is 9.25. The van der Waals surface area contributed by atoms with E-state index in [1.165, 1.54) is 24.8 Å². The number of aryl methyl sites for hydroxylation is 1. The second kappa shape index (κ2) is 8.72. The summed E-state index contributed by atoms with van der Waals surface area (Å²) in [5, 5.41) is 11.3. The van der Waals surface area contributed by atoms with Gasteiger partial charge in [-0.05, 0) is 42.5 Å². The van der Waals surface area contributed by atoms with Gasteiger partial charge < -0.3 is 14.4 Å². The topological polar surface area (TPSA) is 99.0 Å². The molecular weight excluding hydrogens is 376 g/mol. The molecule has 0 saturated heterocycles. The first kappa shape index (κ1) is 20.3. The second-order valence-corrected chi connectivity index (χ2v) is 6.83. The molecule has 0 aromatic heterocycles. The molecule has 0 unspecified atom stereocenters. The maximum absolute atomic E-state index is 12.7. The molecule has 0 radical (unpaired) electrons. The standard InChI is InChI=1S/C21H22N2O6/c1-22(17-9-5-7-14-6-3-4-8-16(14)17)20(24)13-29-19-11-10-15(21(25)28-2)12-18(19)23(26)27/h3-4,6,8,10-12,17H,5,7,9,13H2,1-2H3/t17-/m0/s1. The molecule has 0 N–H and O–H groups in total. The average molecular weight is 398 g/mol. The zero-order valence-corrected chi connectivity index (χ0v) is 16.3. The molecule has 0 bridgehead atoms. The first-order valence-electron chi connectivity index (χ1n) is 9.25. The number of carbonyl (C=O) groups is 2. The fourth-order valence-electron chi connectivity index (χ4n) is 3.57. The summed E-state index contributed by atoms with van der Waals surface area (Å²) in [4.78, 5) is 36.6. The lowest BCUT2D eigenvalue weighted by Gasteiger charge is -2.33. The minimum absolute atomic E-state index is 0.0359. The number of hydrogen-bond acceptors (Lipinski definition) is 6. The van der Waals surface area contributed by atoms with E-state index in [2.05, 4.69) is 10.8 Å². The Balaban J connectivity index is 1.72. The smallest absolute Gasteiger partial charge is 0.338 e. The summed E-state index contributed by atoms with van der Waals surface area (Å²) >= 11 is 0. The number of methoxy groups -OCH3 is 1. The Morgan fingerprint density at radius 2 is 2.00 bits per heavy atom. The Hall–Kier alpha value is -3.42. The van der Waals surface area contributed by atoms with Gasteiger partial charge in [0.2, 0.25) is 0 Å². The first-order chi connectivity index (χ1) is 13.9. The van der Waals surface area contributed by atoms with Crippen molar-refractivity contribution >= 4 is 17.6 Å². The molecule has 8 heteroatoms. The van der Waals surface area contributed by atoms with Gasteiger partial charge in [-0.2, -0.15) is 0 Å². The molecule has 2 aromatic rings. The second-order valence-electron chi connectivity index (χ2n) is 6.83. The van der Waals surface area contributed by atoms with Gasteiger partial charge in [-0.3, -0.25) is 14.9 Å². The van der Waals surface area contributed by atoms with E-state index in [1.54, 1.807) is 11.9 Å². The van der Waals surface area contributed by atoms with Gasteiger partial charge in [-0.25, -0.2) is 4.79 Å². The third-order valence-electron chi connectivity index (χ3n) is 5.13. The fraction of sp³-hybridized carbons (Fsp3) is 0.333. The summed E-state index contributed by atoms with van der Waals surface area (Å²) in [7, 11) is 2.91. The summed E-state index contributed by atoms with van der Waals surface area (Å²) in [5.74, 6) is -1.04. The number of benzene rings is 2. The average Bonchev–Trinajstić information content (AvgIpc) is 2.75. The molecule has 0 heterocycles. The van der Waals surface area contributed by atoms with Crippen LogP contribution in [0.2, 0.25) is 0 Å². The number of carbonyl (C=O) groups excluding carboxylic acids is 2. The predicted molar refractivity (Wildman–Crippen MR) is 105 cm³/mol. The van der Waals surface area contributed by atoms with Gasteiger partial charge in [0.15, 0.2) is 12.4 Å². The normalized spacial score (nSPS) is 15.2. The number of nitro groups is 1. The summed E-state index contributed by atoms with van der Waals surface area (Å²) in [6.07, 6.45) is 2.83. The van der Waals surface area contributed by atoms with Crippen LogP contribution in [0.5, 0.6) is 5.75 Å². The molecule has 3 rings (SSSR count). The monoisotopic (exact) mass is 398 g/mol. The Morgan fingerprint density at radius 1 is 1.24 bits per heavy atom. The molecule has 2 aromatic carbocycles. The molecule has 0 spiro atoms. The maximum Gasteiger partial charge on any atom is 0.338 e. The molecule has 0 fully saturated rings. The lowest BCUT2D eigenvalue weighted by Crippen LogP contribution is -2.36. The van der Waals surface area contributed by atoms with Crippen LogP contribution in [-0.2, 0) is 16.0 Å². The number of esters is 1. The number of amides is 1. The highest BCUT2D eigenvalue weighted by Gasteiger charge is 2.27. The van der Waals surface area contributed by atoms with Crippen LogP contribution in [-0.4, -0.2) is 42.5 Å². The molecule has 1 aliphatic rings. The Morgan fingerprint density at radius 3 is 2.72 bits per heavy atom. The van der Waals surface area contributed by atoms with E-state index in [0.29, 0.717) is 0 Å². The Bertz CT molecular complexity index is 943. The van der Waals surface area contributed by atoms with Gasteiger partial charge in [0.25, 0.3) is 5.91 Å². The van der Waals surface area contributed by atoms with E-state index in [4.69, 9.17) is 4.74 Å². The van der Waals surface area contributed by atoms with Crippen LogP contribution in [0.1, 0.15) is 40.4 Å². The molecule has 1 amide bonds. The predicted octanol–water partition coefficient (Wildman–Crippen LogP) is 3.30. The van der Waals surface area contributed by atoms with Gasteiger partial charge in [0, 0.05) is 13.1 Å². The fourth-order valence-corrected chi connectivity index (χ4v) is 3.57. The van der Waals surface area contributed by atoms with Crippen molar-refractivity contribution in [3.63, 3.8) is 0 Å². The number of rotatable bonds is 6. The summed E-state index contributed by atoms with van der Waals surface area (Å²) in [6, 6.07) is 11.7. The SMILES string of the molecule is COC(=O)c1ccc(OCC(=O)N(C)[C@H]2CCCc3ccccc32)c([N+](=O)[O-])c1. The molecule has 29 heavy (non-hydrogen) atoms. The summed E-state index contributed by atoms with van der Waals surface area (Å²) < 4.78 is 10.0. The zero-order chi connectivity index (χ0) is 21.0. The number of hydrogen-bond donors (Lipinski definition) is 0. The minimum atomic E-state index is -0.688. The molecule has 8 nitrogen and oxygen atoms in total. The number of ether oxygens (including phenoxy) is 2. The molecule has 1 atom stereocenters. The van der Waals surface area contributed by atoms with E-state index >= 15 is 0 Å². The number of nitrogens with zero attached hydrogens (tertiary/aromatic N) is 2. The van der Waals surface area contributed by atoms with Gasteiger partial charge >= 0.3 is 11.7 Å². The van der Waals surface area contributed by atoms with Crippen molar-refractivity contribution in [2.24, 2.45) is 0 Å². The highest BCUT2D eigenvalue weighted by atomic mass is 16.6. The van der Waals surface area contributed by atoms with Crippen molar-refractivity contribution in [2.75, 3.05) is 20.8 Å². The van der Waals surface area contributed by atoms with E-state index in [0.717, 1.165) is 30.9 Å². The lowest BCUT2D eigenvalue weighted by molar-refractivity contribution is -0.385. The van der Waals surface area contributed by atoms with E-state index in [-0.39, 0.29) is 29.9 Å². The quantitative estimate of drug-likeness (QED) is 0.421. The van der Waals surface area contributed by atoms with Gasteiger partial charge in [-0.15, -0.1) is 0 Å². The van der Waals surface area contributed by atoms with Crippen LogP contribution in [0.25, 0.3) is 0 Å². The molecule has 1 aliphatic carbocycles. The van der Waals surface area contributed by atoms with Gasteiger partial charge in [0.05, 0.1) is 23.6 Å². The van der Waals surface area contributed by atoms with Crippen molar-refractivity contribution < 1.29 is 24.0 Å². The van der Waals surface area contributed by atoms with Crippen LogP contribution in [0.15, 0.2) is 42.5 Å². The number of nitro benzene ring substituents is 1.